The summed E-state index contributed by atoms with van der Waals surface area (Å²) in [4.78, 5) is 17.2. The Morgan fingerprint density at radius 2 is 1.91 bits per heavy atom. The SMILES string of the molecule is Cc1nn(-c2ccc(-c3noc(C4CCC4)n3)cc2)cc1C(=O)Nc1cccc(C(F)(F)F)c1. The van der Waals surface area contributed by atoms with Gasteiger partial charge in [-0.15, -0.1) is 0 Å². The van der Waals surface area contributed by atoms with Crippen LogP contribution >= 0.6 is 0 Å². The molecule has 174 valence electrons. The smallest absolute Gasteiger partial charge is 0.339 e. The Hall–Kier alpha value is -3.95. The van der Waals surface area contributed by atoms with Gasteiger partial charge in [0.1, 0.15) is 0 Å². The second-order valence-corrected chi connectivity index (χ2v) is 8.24. The predicted molar refractivity (Wildman–Crippen MR) is 118 cm³/mol. The summed E-state index contributed by atoms with van der Waals surface area (Å²) in [6.07, 6.45) is 0.371. The maximum absolute atomic E-state index is 12.9. The Morgan fingerprint density at radius 3 is 2.59 bits per heavy atom. The van der Waals surface area contributed by atoms with Crippen molar-refractivity contribution >= 4 is 11.6 Å². The number of aryl methyl sites for hydroxylation is 1. The first-order chi connectivity index (χ1) is 16.3. The van der Waals surface area contributed by atoms with Gasteiger partial charge in [0.15, 0.2) is 0 Å². The molecule has 0 radical (unpaired) electrons. The number of nitrogens with zero attached hydrogens (tertiary/aromatic N) is 4. The highest BCUT2D eigenvalue weighted by Crippen LogP contribution is 2.36. The zero-order valence-corrected chi connectivity index (χ0v) is 18.1. The Morgan fingerprint density at radius 1 is 1.15 bits per heavy atom. The Kier molecular flexibility index (Phi) is 5.43. The number of rotatable bonds is 5. The van der Waals surface area contributed by atoms with E-state index in [0.29, 0.717) is 29.0 Å². The zero-order valence-electron chi connectivity index (χ0n) is 18.1. The first-order valence-corrected chi connectivity index (χ1v) is 10.8. The number of carbonyl (C=O) groups is 1. The van der Waals surface area contributed by atoms with Crippen molar-refractivity contribution in [1.82, 2.24) is 19.9 Å². The molecule has 2 heterocycles. The lowest BCUT2D eigenvalue weighted by Crippen LogP contribution is -2.13. The van der Waals surface area contributed by atoms with Gasteiger partial charge in [-0.25, -0.2) is 4.68 Å². The van der Waals surface area contributed by atoms with E-state index >= 15 is 0 Å². The molecule has 5 rings (SSSR count). The van der Waals surface area contributed by atoms with Crippen molar-refractivity contribution in [2.45, 2.75) is 38.3 Å². The van der Waals surface area contributed by atoms with Gasteiger partial charge in [0.25, 0.3) is 5.91 Å². The molecule has 0 bridgehead atoms. The summed E-state index contributed by atoms with van der Waals surface area (Å²) >= 11 is 0. The molecule has 1 fully saturated rings. The van der Waals surface area contributed by atoms with Crippen LogP contribution < -0.4 is 5.32 Å². The second-order valence-electron chi connectivity index (χ2n) is 8.24. The minimum absolute atomic E-state index is 0.0534. The highest BCUT2D eigenvalue weighted by molar-refractivity contribution is 6.05. The summed E-state index contributed by atoms with van der Waals surface area (Å²) in [6, 6.07) is 11.8. The molecule has 1 saturated carbocycles. The van der Waals surface area contributed by atoms with Crippen LogP contribution in [0.3, 0.4) is 0 Å². The van der Waals surface area contributed by atoms with E-state index in [1.165, 1.54) is 29.4 Å². The van der Waals surface area contributed by atoms with E-state index < -0.39 is 17.6 Å². The van der Waals surface area contributed by atoms with Gasteiger partial charge in [-0.05, 0) is 62.2 Å². The molecule has 1 amide bonds. The van der Waals surface area contributed by atoms with Crippen LogP contribution in [0.25, 0.3) is 17.1 Å². The number of carbonyl (C=O) groups excluding carboxylic acids is 1. The van der Waals surface area contributed by atoms with Crippen molar-refractivity contribution in [3.05, 3.63) is 77.4 Å². The van der Waals surface area contributed by atoms with Gasteiger partial charge in [-0.3, -0.25) is 4.79 Å². The maximum atomic E-state index is 12.9. The summed E-state index contributed by atoms with van der Waals surface area (Å²) < 4.78 is 45.7. The van der Waals surface area contributed by atoms with Crippen LogP contribution in [-0.4, -0.2) is 25.8 Å². The molecule has 0 atom stereocenters. The molecule has 0 spiro atoms. The molecule has 0 aliphatic heterocycles. The molecule has 1 aliphatic carbocycles. The van der Waals surface area contributed by atoms with Crippen LogP contribution in [0.5, 0.6) is 0 Å². The molecule has 0 saturated heterocycles. The van der Waals surface area contributed by atoms with Crippen molar-refractivity contribution in [2.24, 2.45) is 0 Å². The summed E-state index contributed by atoms with van der Waals surface area (Å²) in [7, 11) is 0. The van der Waals surface area contributed by atoms with Gasteiger partial charge in [-0.1, -0.05) is 17.6 Å². The molecule has 10 heteroatoms. The van der Waals surface area contributed by atoms with E-state index in [4.69, 9.17) is 4.52 Å². The summed E-state index contributed by atoms with van der Waals surface area (Å²) in [5.74, 6) is 0.999. The van der Waals surface area contributed by atoms with Crippen molar-refractivity contribution in [3.63, 3.8) is 0 Å². The molecule has 2 aromatic carbocycles. The first kappa shape index (κ1) is 21.9. The van der Waals surface area contributed by atoms with E-state index in [2.05, 4.69) is 20.6 Å². The topological polar surface area (TPSA) is 85.8 Å². The Bertz CT molecular complexity index is 1340. The number of aromatic nitrogens is 4. The highest BCUT2D eigenvalue weighted by atomic mass is 19.4. The maximum Gasteiger partial charge on any atom is 0.416 e. The Balaban J connectivity index is 1.32. The fraction of sp³-hybridized carbons (Fsp3) is 0.250. The van der Waals surface area contributed by atoms with E-state index in [1.54, 1.807) is 6.92 Å². The largest absolute Gasteiger partial charge is 0.416 e. The predicted octanol–water partition coefficient (Wildman–Crippen LogP) is 5.77. The third-order valence-electron chi connectivity index (χ3n) is 5.88. The number of alkyl halides is 3. The third kappa shape index (κ3) is 4.30. The molecular weight excluding hydrogens is 447 g/mol. The fourth-order valence-electron chi connectivity index (χ4n) is 3.72. The van der Waals surface area contributed by atoms with Gasteiger partial charge < -0.3 is 9.84 Å². The molecule has 7 nitrogen and oxygen atoms in total. The molecule has 1 N–H and O–H groups in total. The minimum atomic E-state index is -4.49. The average molecular weight is 467 g/mol. The fourth-order valence-corrected chi connectivity index (χ4v) is 3.72. The molecule has 4 aromatic rings. The van der Waals surface area contributed by atoms with E-state index in [-0.39, 0.29) is 11.3 Å². The average Bonchev–Trinajstić information content (AvgIpc) is 3.39. The van der Waals surface area contributed by atoms with Crippen LogP contribution in [0.2, 0.25) is 0 Å². The lowest BCUT2D eigenvalue weighted by atomic mass is 9.85. The van der Waals surface area contributed by atoms with Crippen LogP contribution in [0.15, 0.2) is 59.3 Å². The molecule has 0 unspecified atom stereocenters. The van der Waals surface area contributed by atoms with Crippen LogP contribution in [0, 0.1) is 6.92 Å². The standard InChI is InChI=1S/C24H20F3N5O2/c1-14-20(22(33)28-18-7-3-6-17(12-18)24(25,26)27)13-32(30-14)19-10-8-15(9-11-19)21-29-23(34-31-21)16-4-2-5-16/h3,6-13,16H,2,4-5H2,1H3,(H,28,33). The number of amides is 1. The second kappa shape index (κ2) is 8.44. The van der Waals surface area contributed by atoms with E-state index in [0.717, 1.165) is 30.5 Å². The highest BCUT2D eigenvalue weighted by Gasteiger charge is 2.30. The van der Waals surface area contributed by atoms with Crippen molar-refractivity contribution in [2.75, 3.05) is 5.32 Å². The lowest BCUT2D eigenvalue weighted by Gasteiger charge is -2.20. The normalized spacial score (nSPS) is 14.1. The van der Waals surface area contributed by atoms with Crippen molar-refractivity contribution in [1.29, 1.82) is 0 Å². The van der Waals surface area contributed by atoms with Crippen molar-refractivity contribution < 1.29 is 22.5 Å². The number of halogens is 3. The molecule has 34 heavy (non-hydrogen) atoms. The van der Waals surface area contributed by atoms with Gasteiger partial charge in [-0.2, -0.15) is 23.3 Å². The number of benzene rings is 2. The van der Waals surface area contributed by atoms with Gasteiger partial charge in [0.05, 0.1) is 22.5 Å². The number of hydrogen-bond donors (Lipinski definition) is 1. The quantitative estimate of drug-likeness (QED) is 0.403. The summed E-state index contributed by atoms with van der Waals surface area (Å²) in [5, 5.41) is 10.9. The van der Waals surface area contributed by atoms with Gasteiger partial charge >= 0.3 is 6.18 Å². The van der Waals surface area contributed by atoms with Gasteiger partial charge in [0, 0.05) is 23.4 Å². The third-order valence-corrected chi connectivity index (χ3v) is 5.88. The molecule has 1 aliphatic rings. The number of anilines is 1. The van der Waals surface area contributed by atoms with Crippen LogP contribution in [0.4, 0.5) is 18.9 Å². The Labute approximate surface area is 192 Å². The van der Waals surface area contributed by atoms with Gasteiger partial charge in [0.2, 0.25) is 11.7 Å². The first-order valence-electron chi connectivity index (χ1n) is 10.8. The minimum Gasteiger partial charge on any atom is -0.339 e. The van der Waals surface area contributed by atoms with Crippen molar-refractivity contribution in [3.8, 4) is 17.1 Å². The molecule has 2 aromatic heterocycles. The number of hydrogen-bond acceptors (Lipinski definition) is 5. The lowest BCUT2D eigenvalue weighted by molar-refractivity contribution is -0.137. The monoisotopic (exact) mass is 467 g/mol. The summed E-state index contributed by atoms with van der Waals surface area (Å²) in [6.45, 7) is 1.66. The zero-order chi connectivity index (χ0) is 23.9. The number of nitrogens with one attached hydrogen (secondary N) is 1. The molecular formula is C24H20F3N5O2. The summed E-state index contributed by atoms with van der Waals surface area (Å²) in [5.41, 5.74) is 1.41. The van der Waals surface area contributed by atoms with Crippen LogP contribution in [-0.2, 0) is 6.18 Å². The van der Waals surface area contributed by atoms with E-state index in [1.807, 2.05) is 24.3 Å². The van der Waals surface area contributed by atoms with Crippen LogP contribution in [0.1, 0.15) is 52.7 Å². The van der Waals surface area contributed by atoms with E-state index in [9.17, 15) is 18.0 Å².